The summed E-state index contributed by atoms with van der Waals surface area (Å²) < 4.78 is 0. The third-order valence-electron chi connectivity index (χ3n) is 3.70. The van der Waals surface area contributed by atoms with Crippen molar-refractivity contribution in [2.24, 2.45) is 0 Å². The first kappa shape index (κ1) is 13.9. The van der Waals surface area contributed by atoms with Gasteiger partial charge in [-0.25, -0.2) is 4.79 Å². The normalized spacial score (nSPS) is 15.4. The number of rotatable bonds is 5. The first-order chi connectivity index (χ1) is 9.25. The number of nitrogens with one attached hydrogen (secondary N) is 3. The van der Waals surface area contributed by atoms with Gasteiger partial charge in [0.15, 0.2) is 0 Å². The summed E-state index contributed by atoms with van der Waals surface area (Å²) in [5.41, 5.74) is 1.96. The standard InChI is InChI=1S/C15H23N3O/c1-13-7-2-3-8-14(13)17-15(19)16-9-6-12-18-10-4-5-11-18/h2-3,7-8H,4-6,9-12H2,1H3,(H2,16,17,19)/p+1. The second-order valence-electron chi connectivity index (χ2n) is 5.26. The Balaban J connectivity index is 1.63. The van der Waals surface area contributed by atoms with Gasteiger partial charge < -0.3 is 15.5 Å². The fourth-order valence-electron chi connectivity index (χ4n) is 2.54. The summed E-state index contributed by atoms with van der Waals surface area (Å²) in [5, 5.41) is 5.80. The van der Waals surface area contributed by atoms with Crippen LogP contribution in [0.15, 0.2) is 24.3 Å². The van der Waals surface area contributed by atoms with Crippen LogP contribution in [0.5, 0.6) is 0 Å². The molecule has 1 aliphatic rings. The van der Waals surface area contributed by atoms with Crippen molar-refractivity contribution in [3.05, 3.63) is 29.8 Å². The molecule has 19 heavy (non-hydrogen) atoms. The highest BCUT2D eigenvalue weighted by atomic mass is 16.2. The fraction of sp³-hybridized carbons (Fsp3) is 0.533. The minimum absolute atomic E-state index is 0.106. The molecule has 3 N–H and O–H groups in total. The molecule has 4 heteroatoms. The first-order valence-corrected chi connectivity index (χ1v) is 7.20. The van der Waals surface area contributed by atoms with Crippen LogP contribution < -0.4 is 15.5 Å². The van der Waals surface area contributed by atoms with Gasteiger partial charge in [0, 0.05) is 31.5 Å². The van der Waals surface area contributed by atoms with E-state index in [1.165, 1.54) is 32.5 Å². The number of para-hydroxylation sites is 1. The lowest BCUT2D eigenvalue weighted by molar-refractivity contribution is -0.887. The molecule has 0 atom stereocenters. The van der Waals surface area contributed by atoms with Crippen molar-refractivity contribution in [2.45, 2.75) is 26.2 Å². The smallest absolute Gasteiger partial charge is 0.319 e. The van der Waals surface area contributed by atoms with Crippen molar-refractivity contribution in [3.8, 4) is 0 Å². The molecule has 1 aromatic carbocycles. The van der Waals surface area contributed by atoms with Gasteiger partial charge in [-0.15, -0.1) is 0 Å². The van der Waals surface area contributed by atoms with Crippen LogP contribution in [0.1, 0.15) is 24.8 Å². The molecule has 0 unspecified atom stereocenters. The Morgan fingerprint density at radius 1 is 1.26 bits per heavy atom. The molecule has 1 aliphatic heterocycles. The molecule has 1 aromatic rings. The van der Waals surface area contributed by atoms with E-state index in [0.717, 1.165) is 24.2 Å². The van der Waals surface area contributed by atoms with Gasteiger partial charge >= 0.3 is 6.03 Å². The maximum absolute atomic E-state index is 11.7. The van der Waals surface area contributed by atoms with Crippen molar-refractivity contribution >= 4 is 11.7 Å². The number of carbonyl (C=O) groups is 1. The molecular formula is C15H24N3O+. The van der Waals surface area contributed by atoms with Crippen LogP contribution in [0, 0.1) is 6.92 Å². The zero-order valence-corrected chi connectivity index (χ0v) is 11.7. The number of hydrogen-bond acceptors (Lipinski definition) is 1. The van der Waals surface area contributed by atoms with Crippen molar-refractivity contribution in [3.63, 3.8) is 0 Å². The number of aryl methyl sites for hydroxylation is 1. The summed E-state index contributed by atoms with van der Waals surface area (Å²) in [7, 11) is 0. The number of hydrogen-bond donors (Lipinski definition) is 3. The van der Waals surface area contributed by atoms with Gasteiger partial charge in [0.1, 0.15) is 0 Å². The zero-order valence-electron chi connectivity index (χ0n) is 11.7. The largest absolute Gasteiger partial charge is 0.338 e. The molecule has 0 spiro atoms. The van der Waals surface area contributed by atoms with Crippen LogP contribution in [0.4, 0.5) is 10.5 Å². The molecule has 104 valence electrons. The average Bonchev–Trinajstić information content (AvgIpc) is 2.91. The van der Waals surface area contributed by atoms with Crippen LogP contribution in [-0.4, -0.2) is 32.2 Å². The molecular weight excluding hydrogens is 238 g/mol. The fourth-order valence-corrected chi connectivity index (χ4v) is 2.54. The second-order valence-corrected chi connectivity index (χ2v) is 5.26. The lowest BCUT2D eigenvalue weighted by atomic mass is 10.2. The van der Waals surface area contributed by atoms with Gasteiger partial charge in [-0.3, -0.25) is 0 Å². The molecule has 2 amide bonds. The van der Waals surface area contributed by atoms with E-state index >= 15 is 0 Å². The van der Waals surface area contributed by atoms with Crippen LogP contribution in [-0.2, 0) is 0 Å². The summed E-state index contributed by atoms with van der Waals surface area (Å²) in [6.07, 6.45) is 3.77. The first-order valence-electron chi connectivity index (χ1n) is 7.20. The van der Waals surface area contributed by atoms with E-state index in [0.29, 0.717) is 0 Å². The summed E-state index contributed by atoms with van der Waals surface area (Å²) in [5.74, 6) is 0. The highest BCUT2D eigenvalue weighted by molar-refractivity contribution is 5.89. The second kappa shape index (κ2) is 7.14. The Kier molecular flexibility index (Phi) is 5.21. The van der Waals surface area contributed by atoms with E-state index in [9.17, 15) is 4.79 Å². The Labute approximate surface area is 115 Å². The minimum Gasteiger partial charge on any atom is -0.338 e. The molecule has 0 bridgehead atoms. The molecule has 1 saturated heterocycles. The van der Waals surface area contributed by atoms with E-state index in [-0.39, 0.29) is 6.03 Å². The monoisotopic (exact) mass is 262 g/mol. The van der Waals surface area contributed by atoms with Gasteiger partial charge in [-0.2, -0.15) is 0 Å². The lowest BCUT2D eigenvalue weighted by Crippen LogP contribution is -3.10. The van der Waals surface area contributed by atoms with Gasteiger partial charge in [-0.1, -0.05) is 18.2 Å². The third kappa shape index (κ3) is 4.56. The van der Waals surface area contributed by atoms with Crippen LogP contribution in [0.25, 0.3) is 0 Å². The number of quaternary nitrogens is 1. The summed E-state index contributed by atoms with van der Waals surface area (Å²) in [6, 6.07) is 7.71. The Morgan fingerprint density at radius 3 is 2.74 bits per heavy atom. The molecule has 2 rings (SSSR count). The average molecular weight is 262 g/mol. The lowest BCUT2D eigenvalue weighted by Gasteiger charge is -2.12. The maximum Gasteiger partial charge on any atom is 0.319 e. The Bertz CT molecular complexity index is 414. The highest BCUT2D eigenvalue weighted by Gasteiger charge is 2.14. The van der Waals surface area contributed by atoms with Crippen molar-refractivity contribution < 1.29 is 9.69 Å². The van der Waals surface area contributed by atoms with E-state index in [1.54, 1.807) is 4.90 Å². The van der Waals surface area contributed by atoms with Gasteiger partial charge in [0.05, 0.1) is 19.6 Å². The van der Waals surface area contributed by atoms with Gasteiger partial charge in [0.25, 0.3) is 0 Å². The molecule has 1 fully saturated rings. The summed E-state index contributed by atoms with van der Waals surface area (Å²) in [4.78, 5) is 13.4. The number of anilines is 1. The van der Waals surface area contributed by atoms with Crippen molar-refractivity contribution in [2.75, 3.05) is 31.5 Å². The minimum atomic E-state index is -0.106. The number of carbonyl (C=O) groups excluding carboxylic acids is 1. The van der Waals surface area contributed by atoms with E-state index in [2.05, 4.69) is 10.6 Å². The molecule has 0 aliphatic carbocycles. The molecule has 0 saturated carbocycles. The van der Waals surface area contributed by atoms with Crippen molar-refractivity contribution in [1.29, 1.82) is 0 Å². The van der Waals surface area contributed by atoms with E-state index in [1.807, 2.05) is 31.2 Å². The van der Waals surface area contributed by atoms with Gasteiger partial charge in [-0.05, 0) is 18.6 Å². The number of likely N-dealkylation sites (tertiary alicyclic amines) is 1. The van der Waals surface area contributed by atoms with Crippen molar-refractivity contribution in [1.82, 2.24) is 5.32 Å². The zero-order chi connectivity index (χ0) is 13.5. The summed E-state index contributed by atoms with van der Waals surface area (Å²) in [6.45, 7) is 6.52. The number of urea groups is 1. The maximum atomic E-state index is 11.7. The number of amides is 2. The van der Waals surface area contributed by atoms with Crippen LogP contribution >= 0.6 is 0 Å². The van der Waals surface area contributed by atoms with Crippen LogP contribution in [0.2, 0.25) is 0 Å². The molecule has 0 aromatic heterocycles. The molecule has 4 nitrogen and oxygen atoms in total. The van der Waals surface area contributed by atoms with E-state index < -0.39 is 0 Å². The van der Waals surface area contributed by atoms with Crippen LogP contribution in [0.3, 0.4) is 0 Å². The molecule has 1 heterocycles. The molecule has 0 radical (unpaired) electrons. The number of benzene rings is 1. The quantitative estimate of drug-likeness (QED) is 0.686. The SMILES string of the molecule is Cc1ccccc1NC(=O)NCCC[NH+]1CCCC1. The summed E-state index contributed by atoms with van der Waals surface area (Å²) >= 11 is 0. The topological polar surface area (TPSA) is 45.6 Å². The Hall–Kier alpha value is -1.55. The highest BCUT2D eigenvalue weighted by Crippen LogP contribution is 2.12. The third-order valence-corrected chi connectivity index (χ3v) is 3.70. The van der Waals surface area contributed by atoms with E-state index in [4.69, 9.17) is 0 Å². The van der Waals surface area contributed by atoms with Gasteiger partial charge in [0.2, 0.25) is 0 Å². The predicted molar refractivity (Wildman–Crippen MR) is 77.6 cm³/mol. The predicted octanol–water partition coefficient (Wildman–Crippen LogP) is 1.19. The Morgan fingerprint density at radius 2 is 2.00 bits per heavy atom.